The number of amides is 2. The molecule has 0 bridgehead atoms. The van der Waals surface area contributed by atoms with Gasteiger partial charge < -0.3 is 10.2 Å². The van der Waals surface area contributed by atoms with Crippen LogP contribution in [0.4, 0.5) is 5.69 Å². The van der Waals surface area contributed by atoms with Gasteiger partial charge in [-0.15, -0.1) is 0 Å². The second-order valence-electron chi connectivity index (χ2n) is 5.68. The van der Waals surface area contributed by atoms with Crippen molar-refractivity contribution < 1.29 is 9.59 Å². The number of carbonyl (C=O) groups excluding carboxylic acids is 2. The Morgan fingerprint density at radius 2 is 2.27 bits per heavy atom. The predicted octanol–water partition coefficient (Wildman–Crippen LogP) is 2.29. The van der Waals surface area contributed by atoms with E-state index >= 15 is 0 Å². The number of H-pyrrole nitrogens is 1. The number of nitrogens with zero attached hydrogens (tertiary/aromatic N) is 2. The highest BCUT2D eigenvalue weighted by molar-refractivity contribution is 6.39. The summed E-state index contributed by atoms with van der Waals surface area (Å²) in [6.07, 6.45) is 5.68. The molecule has 1 saturated heterocycles. The third-order valence-corrected chi connectivity index (χ3v) is 4.25. The average molecular weight is 300 g/mol. The molecule has 1 unspecified atom stereocenters. The molecule has 2 N–H and O–H groups in total. The van der Waals surface area contributed by atoms with Gasteiger partial charge in [-0.05, 0) is 43.9 Å². The van der Waals surface area contributed by atoms with E-state index in [9.17, 15) is 9.59 Å². The number of rotatable bonds is 2. The Labute approximate surface area is 128 Å². The lowest BCUT2D eigenvalue weighted by Gasteiger charge is -2.34. The molecule has 0 radical (unpaired) electrons. The monoisotopic (exact) mass is 300 g/mol. The molecule has 6 heteroatoms. The quantitative estimate of drug-likeness (QED) is 0.835. The minimum atomic E-state index is -0.570. The SMILES string of the molecule is CCC1CCCCN1C(=O)C(=O)Nc1ccc2cn[nH]c2c1. The van der Waals surface area contributed by atoms with E-state index in [1.807, 2.05) is 6.07 Å². The van der Waals surface area contributed by atoms with Crippen molar-refractivity contribution in [2.45, 2.75) is 38.6 Å². The molecule has 6 nitrogen and oxygen atoms in total. The van der Waals surface area contributed by atoms with Crippen molar-refractivity contribution in [3.05, 3.63) is 24.4 Å². The molecule has 1 aliphatic rings. The van der Waals surface area contributed by atoms with Crippen molar-refractivity contribution in [2.24, 2.45) is 0 Å². The Hall–Kier alpha value is -2.37. The highest BCUT2D eigenvalue weighted by Crippen LogP contribution is 2.20. The number of likely N-dealkylation sites (tertiary alicyclic amines) is 1. The van der Waals surface area contributed by atoms with Gasteiger partial charge >= 0.3 is 11.8 Å². The summed E-state index contributed by atoms with van der Waals surface area (Å²) in [6, 6.07) is 5.59. The number of anilines is 1. The normalized spacial score (nSPS) is 18.4. The maximum atomic E-state index is 12.4. The van der Waals surface area contributed by atoms with E-state index in [0.717, 1.165) is 36.6 Å². The number of carbonyl (C=O) groups is 2. The first-order valence-corrected chi connectivity index (χ1v) is 7.74. The number of piperidine rings is 1. The van der Waals surface area contributed by atoms with Gasteiger partial charge in [0.2, 0.25) is 0 Å². The van der Waals surface area contributed by atoms with E-state index in [1.54, 1.807) is 23.2 Å². The van der Waals surface area contributed by atoms with Crippen molar-refractivity contribution >= 4 is 28.4 Å². The lowest BCUT2D eigenvalue weighted by Crippen LogP contribution is -2.48. The predicted molar refractivity (Wildman–Crippen MR) is 84.4 cm³/mol. The summed E-state index contributed by atoms with van der Waals surface area (Å²) in [6.45, 7) is 2.73. The Morgan fingerprint density at radius 3 is 3.09 bits per heavy atom. The molecule has 1 aromatic carbocycles. The third-order valence-electron chi connectivity index (χ3n) is 4.25. The number of aromatic nitrogens is 2. The minimum Gasteiger partial charge on any atom is -0.331 e. The van der Waals surface area contributed by atoms with Gasteiger partial charge in [0.05, 0.1) is 11.7 Å². The van der Waals surface area contributed by atoms with Gasteiger partial charge in [-0.2, -0.15) is 5.10 Å². The van der Waals surface area contributed by atoms with Crippen molar-refractivity contribution in [3.8, 4) is 0 Å². The summed E-state index contributed by atoms with van der Waals surface area (Å²) < 4.78 is 0. The molecule has 22 heavy (non-hydrogen) atoms. The fraction of sp³-hybridized carbons (Fsp3) is 0.438. The lowest BCUT2D eigenvalue weighted by atomic mass is 10.00. The second-order valence-corrected chi connectivity index (χ2v) is 5.68. The summed E-state index contributed by atoms with van der Waals surface area (Å²) in [4.78, 5) is 26.3. The number of benzene rings is 1. The Kier molecular flexibility index (Phi) is 4.09. The topological polar surface area (TPSA) is 78.1 Å². The first-order valence-electron chi connectivity index (χ1n) is 7.74. The molecule has 2 aromatic rings. The van der Waals surface area contributed by atoms with Crippen molar-refractivity contribution in [1.29, 1.82) is 0 Å². The van der Waals surface area contributed by atoms with Crippen LogP contribution in [0.1, 0.15) is 32.6 Å². The zero-order valence-corrected chi connectivity index (χ0v) is 12.6. The highest BCUT2D eigenvalue weighted by atomic mass is 16.2. The minimum absolute atomic E-state index is 0.182. The van der Waals surface area contributed by atoms with Gasteiger partial charge in [-0.25, -0.2) is 0 Å². The zero-order valence-electron chi connectivity index (χ0n) is 12.6. The molecule has 3 rings (SSSR count). The molecular formula is C16H20N4O2. The molecule has 1 aliphatic heterocycles. The number of aromatic amines is 1. The van der Waals surface area contributed by atoms with Crippen LogP contribution in [0.2, 0.25) is 0 Å². The molecule has 0 spiro atoms. The summed E-state index contributed by atoms with van der Waals surface area (Å²) >= 11 is 0. The molecule has 1 atom stereocenters. The van der Waals surface area contributed by atoms with Crippen LogP contribution in [0.25, 0.3) is 10.9 Å². The lowest BCUT2D eigenvalue weighted by molar-refractivity contribution is -0.145. The van der Waals surface area contributed by atoms with Gasteiger partial charge in [-0.3, -0.25) is 14.7 Å². The first kappa shape index (κ1) is 14.6. The number of fused-ring (bicyclic) bond motifs is 1. The summed E-state index contributed by atoms with van der Waals surface area (Å²) in [7, 11) is 0. The molecule has 1 aromatic heterocycles. The van der Waals surface area contributed by atoms with Gasteiger partial charge in [0.1, 0.15) is 0 Å². The standard InChI is InChI=1S/C16H20N4O2/c1-2-13-5-3-4-8-20(13)16(22)15(21)18-12-7-6-11-10-17-19-14(11)9-12/h6-7,9-10,13H,2-5,8H2,1H3,(H,17,19)(H,18,21). The average Bonchev–Trinajstić information content (AvgIpc) is 3.01. The Morgan fingerprint density at radius 1 is 1.41 bits per heavy atom. The van der Waals surface area contributed by atoms with Crippen molar-refractivity contribution in [3.63, 3.8) is 0 Å². The van der Waals surface area contributed by atoms with Crippen LogP contribution in [-0.4, -0.2) is 39.5 Å². The second kappa shape index (κ2) is 6.17. The molecule has 2 amide bonds. The molecule has 0 saturated carbocycles. The van der Waals surface area contributed by atoms with E-state index < -0.39 is 11.8 Å². The number of hydrogen-bond acceptors (Lipinski definition) is 3. The number of nitrogens with one attached hydrogen (secondary N) is 2. The van der Waals surface area contributed by atoms with Gasteiger partial charge in [0.25, 0.3) is 0 Å². The van der Waals surface area contributed by atoms with Crippen LogP contribution in [0.5, 0.6) is 0 Å². The van der Waals surface area contributed by atoms with Gasteiger partial charge in [0.15, 0.2) is 0 Å². The van der Waals surface area contributed by atoms with E-state index in [4.69, 9.17) is 0 Å². The maximum absolute atomic E-state index is 12.4. The van der Waals surface area contributed by atoms with E-state index in [1.165, 1.54) is 0 Å². The van der Waals surface area contributed by atoms with Crippen LogP contribution in [0, 0.1) is 0 Å². The highest BCUT2D eigenvalue weighted by Gasteiger charge is 2.29. The zero-order chi connectivity index (χ0) is 15.5. The van der Waals surface area contributed by atoms with Gasteiger partial charge in [-0.1, -0.05) is 6.92 Å². The fourth-order valence-electron chi connectivity index (χ4n) is 3.02. The summed E-state index contributed by atoms with van der Waals surface area (Å²) in [5, 5.41) is 10.4. The summed E-state index contributed by atoms with van der Waals surface area (Å²) in [5.74, 6) is -1.00. The van der Waals surface area contributed by atoms with E-state index in [0.29, 0.717) is 12.2 Å². The smallest absolute Gasteiger partial charge is 0.313 e. The molecule has 1 fully saturated rings. The fourth-order valence-corrected chi connectivity index (χ4v) is 3.02. The Balaban J connectivity index is 1.71. The van der Waals surface area contributed by atoms with E-state index in [2.05, 4.69) is 22.4 Å². The van der Waals surface area contributed by atoms with Crippen molar-refractivity contribution in [2.75, 3.05) is 11.9 Å². The maximum Gasteiger partial charge on any atom is 0.313 e. The van der Waals surface area contributed by atoms with Crippen molar-refractivity contribution in [1.82, 2.24) is 15.1 Å². The third kappa shape index (κ3) is 2.81. The Bertz CT molecular complexity index is 694. The van der Waals surface area contributed by atoms with Crippen LogP contribution in [0.3, 0.4) is 0 Å². The van der Waals surface area contributed by atoms with Crippen LogP contribution in [0.15, 0.2) is 24.4 Å². The summed E-state index contributed by atoms with van der Waals surface area (Å²) in [5.41, 5.74) is 1.43. The largest absolute Gasteiger partial charge is 0.331 e. The molecular weight excluding hydrogens is 280 g/mol. The molecule has 116 valence electrons. The molecule has 2 heterocycles. The van der Waals surface area contributed by atoms with Crippen LogP contribution >= 0.6 is 0 Å². The van der Waals surface area contributed by atoms with Crippen LogP contribution in [-0.2, 0) is 9.59 Å². The number of hydrogen-bond donors (Lipinski definition) is 2. The first-order chi connectivity index (χ1) is 10.7. The van der Waals surface area contributed by atoms with E-state index in [-0.39, 0.29) is 6.04 Å². The van der Waals surface area contributed by atoms with Gasteiger partial charge in [0, 0.05) is 23.7 Å². The van der Waals surface area contributed by atoms with Crippen LogP contribution < -0.4 is 5.32 Å². The molecule has 0 aliphatic carbocycles.